The van der Waals surface area contributed by atoms with Gasteiger partial charge in [-0.05, 0) is 60.3 Å². The molecule has 5 heteroatoms. The van der Waals surface area contributed by atoms with Crippen LogP contribution in [0.15, 0.2) is 12.2 Å². The van der Waals surface area contributed by atoms with E-state index in [1.807, 2.05) is 0 Å². The van der Waals surface area contributed by atoms with Crippen LogP contribution in [0.25, 0.3) is 0 Å². The molecule has 0 radical (unpaired) electrons. The predicted octanol–water partition coefficient (Wildman–Crippen LogP) is 2.43. The second-order valence-corrected chi connectivity index (χ2v) is 10.6. The highest BCUT2D eigenvalue weighted by atomic mass is 16.5. The maximum atomic E-state index is 11.9. The Kier molecular flexibility index (Phi) is 4.17. The number of ether oxygens (including phenoxy) is 1. The average Bonchev–Trinajstić information content (AvgIpc) is 2.71. The van der Waals surface area contributed by atoms with Gasteiger partial charge in [0.2, 0.25) is 0 Å². The Morgan fingerprint density at radius 2 is 1.81 bits per heavy atom. The maximum absolute atomic E-state index is 11.9. The van der Waals surface area contributed by atoms with Crippen molar-refractivity contribution in [3.05, 3.63) is 12.2 Å². The SMILES string of the molecule is C=C1[C@@H]2C[C@H](O)[C@H]3[C@@]4(C)CC[C@H](O)C(C)(C)[C@H]4[C@@H](OC(C)=O)C[C@]3(C2)[C@@H]1O. The van der Waals surface area contributed by atoms with Crippen LogP contribution in [0, 0.1) is 34.0 Å². The molecule has 0 aliphatic heterocycles. The summed E-state index contributed by atoms with van der Waals surface area (Å²) in [5, 5.41) is 33.2. The van der Waals surface area contributed by atoms with Crippen molar-refractivity contribution < 1.29 is 24.9 Å². The number of fused-ring (bicyclic) bond motifs is 3. The molecule has 0 saturated heterocycles. The molecule has 0 amide bonds. The average molecular weight is 379 g/mol. The molecular formula is C22H34O5. The Hall–Kier alpha value is -0.910. The lowest BCUT2D eigenvalue weighted by atomic mass is 9.39. The van der Waals surface area contributed by atoms with Gasteiger partial charge in [-0.3, -0.25) is 4.79 Å². The fraction of sp³-hybridized carbons (Fsp3) is 0.864. The van der Waals surface area contributed by atoms with Gasteiger partial charge >= 0.3 is 5.97 Å². The highest BCUT2D eigenvalue weighted by molar-refractivity contribution is 5.66. The molecule has 0 aromatic rings. The van der Waals surface area contributed by atoms with E-state index in [0.29, 0.717) is 19.3 Å². The van der Waals surface area contributed by atoms with E-state index in [1.54, 1.807) is 0 Å². The highest BCUT2D eigenvalue weighted by Crippen LogP contribution is 2.72. The van der Waals surface area contributed by atoms with Gasteiger partial charge in [0.1, 0.15) is 6.10 Å². The molecule has 2 bridgehead atoms. The van der Waals surface area contributed by atoms with Crippen LogP contribution in [0.5, 0.6) is 0 Å². The molecule has 0 unspecified atom stereocenters. The quantitative estimate of drug-likeness (QED) is 0.482. The van der Waals surface area contributed by atoms with Crippen molar-refractivity contribution in [1.82, 2.24) is 0 Å². The van der Waals surface area contributed by atoms with Crippen molar-refractivity contribution in [2.45, 2.75) is 84.2 Å². The first kappa shape index (κ1) is 19.4. The van der Waals surface area contributed by atoms with Gasteiger partial charge in [-0.15, -0.1) is 0 Å². The highest BCUT2D eigenvalue weighted by Gasteiger charge is 2.72. The Morgan fingerprint density at radius 3 is 2.44 bits per heavy atom. The minimum Gasteiger partial charge on any atom is -0.462 e. The van der Waals surface area contributed by atoms with Crippen molar-refractivity contribution >= 4 is 5.97 Å². The first-order valence-electron chi connectivity index (χ1n) is 10.4. The third-order valence-electron chi connectivity index (χ3n) is 8.88. The van der Waals surface area contributed by atoms with Crippen molar-refractivity contribution in [1.29, 1.82) is 0 Å². The van der Waals surface area contributed by atoms with Crippen LogP contribution in [-0.4, -0.2) is 45.7 Å². The first-order valence-corrected chi connectivity index (χ1v) is 10.4. The summed E-state index contributed by atoms with van der Waals surface area (Å²) in [4.78, 5) is 11.9. The predicted molar refractivity (Wildman–Crippen MR) is 101 cm³/mol. The van der Waals surface area contributed by atoms with Crippen LogP contribution in [-0.2, 0) is 9.53 Å². The van der Waals surface area contributed by atoms with Gasteiger partial charge in [0.05, 0.1) is 18.3 Å². The van der Waals surface area contributed by atoms with E-state index in [1.165, 1.54) is 6.92 Å². The fourth-order valence-corrected chi connectivity index (χ4v) is 8.15. The molecule has 9 atom stereocenters. The number of carbonyl (C=O) groups excluding carboxylic acids is 1. The zero-order valence-electron chi connectivity index (χ0n) is 16.9. The number of aliphatic hydroxyl groups excluding tert-OH is 3. The van der Waals surface area contributed by atoms with Crippen LogP contribution in [0.3, 0.4) is 0 Å². The van der Waals surface area contributed by atoms with E-state index in [2.05, 4.69) is 27.4 Å². The fourth-order valence-electron chi connectivity index (χ4n) is 8.15. The van der Waals surface area contributed by atoms with Crippen molar-refractivity contribution in [3.63, 3.8) is 0 Å². The van der Waals surface area contributed by atoms with Crippen molar-refractivity contribution in [2.75, 3.05) is 0 Å². The first-order chi connectivity index (χ1) is 12.4. The third-order valence-corrected chi connectivity index (χ3v) is 8.88. The molecule has 0 heterocycles. The molecule has 4 aliphatic carbocycles. The van der Waals surface area contributed by atoms with Crippen LogP contribution in [0.1, 0.15) is 59.8 Å². The van der Waals surface area contributed by atoms with Gasteiger partial charge in [-0.25, -0.2) is 0 Å². The van der Waals surface area contributed by atoms with Gasteiger partial charge in [0, 0.05) is 18.3 Å². The number of carbonyl (C=O) groups is 1. The summed E-state index contributed by atoms with van der Waals surface area (Å²) in [6.45, 7) is 11.9. The Morgan fingerprint density at radius 1 is 1.15 bits per heavy atom. The van der Waals surface area contributed by atoms with Crippen LogP contribution in [0.4, 0.5) is 0 Å². The second-order valence-electron chi connectivity index (χ2n) is 10.6. The number of hydrogen-bond acceptors (Lipinski definition) is 5. The Balaban J connectivity index is 1.87. The lowest BCUT2D eigenvalue weighted by Crippen LogP contribution is -2.68. The number of rotatable bonds is 1. The van der Waals surface area contributed by atoms with Gasteiger partial charge in [-0.2, -0.15) is 0 Å². The largest absolute Gasteiger partial charge is 0.462 e. The van der Waals surface area contributed by atoms with Crippen LogP contribution >= 0.6 is 0 Å². The zero-order valence-corrected chi connectivity index (χ0v) is 16.9. The number of aliphatic hydroxyl groups is 3. The summed E-state index contributed by atoms with van der Waals surface area (Å²) in [5.41, 5.74) is -0.429. The van der Waals surface area contributed by atoms with E-state index in [-0.39, 0.29) is 35.2 Å². The lowest BCUT2D eigenvalue weighted by Gasteiger charge is -2.67. The number of esters is 1. The van der Waals surface area contributed by atoms with Crippen molar-refractivity contribution in [2.24, 2.45) is 34.0 Å². The van der Waals surface area contributed by atoms with Gasteiger partial charge < -0.3 is 20.1 Å². The monoisotopic (exact) mass is 378 g/mol. The molecule has 1 spiro atoms. The van der Waals surface area contributed by atoms with Gasteiger partial charge in [0.15, 0.2) is 0 Å². The molecule has 0 aromatic heterocycles. The minimum absolute atomic E-state index is 0.0689. The zero-order chi connectivity index (χ0) is 19.9. The molecule has 4 fully saturated rings. The molecule has 3 N–H and O–H groups in total. The van der Waals surface area contributed by atoms with Gasteiger partial charge in [0.25, 0.3) is 0 Å². The van der Waals surface area contributed by atoms with E-state index in [0.717, 1.165) is 18.4 Å². The lowest BCUT2D eigenvalue weighted by molar-refractivity contribution is -0.261. The van der Waals surface area contributed by atoms with Crippen LogP contribution in [0.2, 0.25) is 0 Å². The molecule has 4 aliphatic rings. The van der Waals surface area contributed by atoms with E-state index >= 15 is 0 Å². The molecule has 27 heavy (non-hydrogen) atoms. The van der Waals surface area contributed by atoms with E-state index in [4.69, 9.17) is 4.74 Å². The number of hydrogen-bond donors (Lipinski definition) is 3. The molecule has 4 rings (SSSR count). The summed E-state index contributed by atoms with van der Waals surface area (Å²) < 4.78 is 5.85. The summed E-state index contributed by atoms with van der Waals surface area (Å²) in [5.74, 6) is -0.349. The molecule has 4 saturated carbocycles. The van der Waals surface area contributed by atoms with Crippen LogP contribution < -0.4 is 0 Å². The molecular weight excluding hydrogens is 344 g/mol. The van der Waals surface area contributed by atoms with Crippen molar-refractivity contribution in [3.8, 4) is 0 Å². The topological polar surface area (TPSA) is 87.0 Å². The standard InChI is InChI=1S/C22H34O5/c1-11-13-8-14(24)17-21(5)7-6-16(25)20(3,4)18(21)15(27-12(2)23)10-22(17,9-13)19(11)26/h13-19,24-26H,1,6-10H2,2-5H3/t13-,14+,15+,16+,17+,18-,19-,21-,22+/m1/s1. The van der Waals surface area contributed by atoms with Gasteiger partial charge in [-0.1, -0.05) is 27.4 Å². The van der Waals surface area contributed by atoms with E-state index in [9.17, 15) is 20.1 Å². The Bertz CT molecular complexity index is 672. The maximum Gasteiger partial charge on any atom is 0.302 e. The third kappa shape index (κ3) is 2.37. The summed E-state index contributed by atoms with van der Waals surface area (Å²) in [6, 6.07) is 0. The van der Waals surface area contributed by atoms with E-state index < -0.39 is 29.1 Å². The molecule has 0 aromatic carbocycles. The summed E-state index contributed by atoms with van der Waals surface area (Å²) >= 11 is 0. The Labute approximate surface area is 161 Å². The second kappa shape index (κ2) is 5.80. The smallest absolute Gasteiger partial charge is 0.302 e. The normalized spacial score (nSPS) is 53.4. The summed E-state index contributed by atoms with van der Waals surface area (Å²) in [6.07, 6.45) is 1.37. The molecule has 5 nitrogen and oxygen atoms in total. The summed E-state index contributed by atoms with van der Waals surface area (Å²) in [7, 11) is 0. The molecule has 152 valence electrons. The minimum atomic E-state index is -0.671.